The number of benzene rings is 1. The largest absolute Gasteiger partial charge is 0.454 e. The molecule has 0 fully saturated rings. The lowest BCUT2D eigenvalue weighted by Crippen LogP contribution is -2.03. The zero-order chi connectivity index (χ0) is 13.4. The minimum Gasteiger partial charge on any atom is -0.454 e. The van der Waals surface area contributed by atoms with Gasteiger partial charge in [0.1, 0.15) is 4.83 Å². The molecule has 3 aromatic rings. The van der Waals surface area contributed by atoms with Crippen LogP contribution >= 0.6 is 11.3 Å². The number of ether oxygens (including phenoxy) is 2. The number of anilines is 1. The molecule has 1 N–H and O–H groups in total. The van der Waals surface area contributed by atoms with Crippen LogP contribution in [0.5, 0.6) is 11.5 Å². The van der Waals surface area contributed by atoms with Gasteiger partial charge < -0.3 is 14.8 Å². The van der Waals surface area contributed by atoms with E-state index in [1.54, 1.807) is 11.3 Å². The Labute approximate surface area is 119 Å². The molecule has 0 saturated carbocycles. The Kier molecular flexibility index (Phi) is 2.67. The lowest BCUT2D eigenvalue weighted by atomic mass is 10.2. The third-order valence-corrected chi connectivity index (χ3v) is 3.92. The van der Waals surface area contributed by atoms with Crippen molar-refractivity contribution in [2.24, 2.45) is 0 Å². The van der Waals surface area contributed by atoms with E-state index in [0.29, 0.717) is 19.3 Å². The minimum absolute atomic E-state index is 0.296. The van der Waals surface area contributed by atoms with E-state index in [0.717, 1.165) is 27.3 Å². The highest BCUT2D eigenvalue weighted by molar-refractivity contribution is 7.16. The van der Waals surface area contributed by atoms with Gasteiger partial charge in [-0.05, 0) is 29.1 Å². The number of hydrogen-bond acceptors (Lipinski definition) is 6. The molecule has 5 nitrogen and oxygen atoms in total. The van der Waals surface area contributed by atoms with Crippen LogP contribution in [0.4, 0.5) is 5.95 Å². The SMILES string of the molecule is c1cc2cnc(NCc3ccc4c(c3)OCO4)nc2s1. The first-order chi connectivity index (χ1) is 9.88. The van der Waals surface area contributed by atoms with Gasteiger partial charge in [-0.15, -0.1) is 11.3 Å². The van der Waals surface area contributed by atoms with Crippen LogP contribution in [-0.2, 0) is 6.54 Å². The Balaban J connectivity index is 1.52. The predicted molar refractivity (Wildman–Crippen MR) is 77.3 cm³/mol. The summed E-state index contributed by atoms with van der Waals surface area (Å²) in [5.41, 5.74) is 1.10. The molecule has 1 aliphatic heterocycles. The van der Waals surface area contributed by atoms with Crippen molar-refractivity contribution in [2.45, 2.75) is 6.54 Å². The maximum absolute atomic E-state index is 5.36. The van der Waals surface area contributed by atoms with Crippen LogP contribution in [0.2, 0.25) is 0 Å². The zero-order valence-corrected chi connectivity index (χ0v) is 11.3. The number of nitrogens with one attached hydrogen (secondary N) is 1. The highest BCUT2D eigenvalue weighted by Gasteiger charge is 2.13. The summed E-state index contributed by atoms with van der Waals surface area (Å²) in [4.78, 5) is 9.75. The normalized spacial score (nSPS) is 12.8. The van der Waals surface area contributed by atoms with E-state index in [1.807, 2.05) is 35.8 Å². The van der Waals surface area contributed by atoms with Gasteiger partial charge in [0.15, 0.2) is 11.5 Å². The number of thiophene rings is 1. The minimum atomic E-state index is 0.296. The lowest BCUT2D eigenvalue weighted by molar-refractivity contribution is 0.174. The third-order valence-electron chi connectivity index (χ3n) is 3.10. The summed E-state index contributed by atoms with van der Waals surface area (Å²) in [6.45, 7) is 0.942. The first-order valence-electron chi connectivity index (χ1n) is 6.21. The smallest absolute Gasteiger partial charge is 0.231 e. The molecule has 0 atom stereocenters. The number of nitrogens with zero attached hydrogens (tertiary/aromatic N) is 2. The summed E-state index contributed by atoms with van der Waals surface area (Å²) in [6.07, 6.45) is 1.83. The van der Waals surface area contributed by atoms with E-state index >= 15 is 0 Å². The van der Waals surface area contributed by atoms with E-state index in [4.69, 9.17) is 9.47 Å². The fraction of sp³-hybridized carbons (Fsp3) is 0.143. The van der Waals surface area contributed by atoms with Gasteiger partial charge in [-0.3, -0.25) is 0 Å². The third kappa shape index (κ3) is 2.04. The maximum atomic E-state index is 5.36. The maximum Gasteiger partial charge on any atom is 0.231 e. The first kappa shape index (κ1) is 11.5. The van der Waals surface area contributed by atoms with Crippen LogP contribution in [0, 0.1) is 0 Å². The van der Waals surface area contributed by atoms with E-state index < -0.39 is 0 Å². The van der Waals surface area contributed by atoms with E-state index in [2.05, 4.69) is 15.3 Å². The average molecular weight is 285 g/mol. The Bertz CT molecular complexity index is 772. The second kappa shape index (κ2) is 4.64. The molecule has 3 heterocycles. The molecule has 0 bridgehead atoms. The lowest BCUT2D eigenvalue weighted by Gasteiger charge is -2.05. The van der Waals surface area contributed by atoms with Crippen molar-refractivity contribution in [3.8, 4) is 11.5 Å². The van der Waals surface area contributed by atoms with Crippen LogP contribution in [0.25, 0.3) is 10.2 Å². The molecule has 1 aromatic carbocycles. The van der Waals surface area contributed by atoms with E-state index in [9.17, 15) is 0 Å². The van der Waals surface area contributed by atoms with Crippen LogP contribution < -0.4 is 14.8 Å². The molecule has 0 aliphatic carbocycles. The molecule has 0 unspecified atom stereocenters. The summed E-state index contributed by atoms with van der Waals surface area (Å²) < 4.78 is 10.6. The fourth-order valence-electron chi connectivity index (χ4n) is 2.07. The molecule has 1 aliphatic rings. The van der Waals surface area contributed by atoms with Crippen molar-refractivity contribution < 1.29 is 9.47 Å². The van der Waals surface area contributed by atoms with Crippen LogP contribution in [0.15, 0.2) is 35.8 Å². The Morgan fingerprint density at radius 1 is 1.20 bits per heavy atom. The van der Waals surface area contributed by atoms with Gasteiger partial charge in [-0.2, -0.15) is 0 Å². The Hall–Kier alpha value is -2.34. The van der Waals surface area contributed by atoms with Crippen LogP contribution in [0.1, 0.15) is 5.56 Å². The fourth-order valence-corrected chi connectivity index (χ4v) is 2.81. The molecule has 20 heavy (non-hydrogen) atoms. The van der Waals surface area contributed by atoms with Crippen molar-refractivity contribution in [3.63, 3.8) is 0 Å². The van der Waals surface area contributed by atoms with Gasteiger partial charge in [0, 0.05) is 18.1 Å². The van der Waals surface area contributed by atoms with Gasteiger partial charge >= 0.3 is 0 Å². The van der Waals surface area contributed by atoms with Crippen molar-refractivity contribution in [3.05, 3.63) is 41.4 Å². The molecule has 4 rings (SSSR count). The van der Waals surface area contributed by atoms with E-state index in [1.165, 1.54) is 0 Å². The monoisotopic (exact) mass is 285 g/mol. The molecule has 0 spiro atoms. The molecule has 2 aromatic heterocycles. The number of fused-ring (bicyclic) bond motifs is 2. The summed E-state index contributed by atoms with van der Waals surface area (Å²) in [5, 5.41) is 6.31. The highest BCUT2D eigenvalue weighted by Crippen LogP contribution is 2.32. The molecular weight excluding hydrogens is 274 g/mol. The number of hydrogen-bond donors (Lipinski definition) is 1. The van der Waals surface area contributed by atoms with E-state index in [-0.39, 0.29) is 0 Å². The Morgan fingerprint density at radius 3 is 3.15 bits per heavy atom. The van der Waals surface area contributed by atoms with Crippen molar-refractivity contribution in [1.82, 2.24) is 9.97 Å². The average Bonchev–Trinajstić information content (AvgIpc) is 3.12. The van der Waals surface area contributed by atoms with Gasteiger partial charge in [-0.25, -0.2) is 9.97 Å². The number of aromatic nitrogens is 2. The van der Waals surface area contributed by atoms with Crippen molar-refractivity contribution in [1.29, 1.82) is 0 Å². The standard InChI is InChI=1S/C14H11N3O2S/c1-2-11-12(19-8-18-11)5-9(1)6-15-14-16-7-10-3-4-20-13(10)17-14/h1-5,7H,6,8H2,(H,15,16,17). The second-order valence-corrected chi connectivity index (χ2v) is 5.31. The number of rotatable bonds is 3. The van der Waals surface area contributed by atoms with Crippen LogP contribution in [-0.4, -0.2) is 16.8 Å². The molecular formula is C14H11N3O2S. The summed E-state index contributed by atoms with van der Waals surface area (Å²) in [5.74, 6) is 2.22. The summed E-state index contributed by atoms with van der Waals surface area (Å²) in [6, 6.07) is 7.91. The highest BCUT2D eigenvalue weighted by atomic mass is 32.1. The second-order valence-electron chi connectivity index (χ2n) is 4.42. The first-order valence-corrected chi connectivity index (χ1v) is 7.09. The van der Waals surface area contributed by atoms with Crippen molar-refractivity contribution >= 4 is 27.5 Å². The molecule has 100 valence electrons. The molecule has 0 radical (unpaired) electrons. The van der Waals surface area contributed by atoms with Gasteiger partial charge in [0.25, 0.3) is 0 Å². The molecule has 0 saturated heterocycles. The molecule has 6 heteroatoms. The molecule has 0 amide bonds. The quantitative estimate of drug-likeness (QED) is 0.801. The Morgan fingerprint density at radius 2 is 2.15 bits per heavy atom. The topological polar surface area (TPSA) is 56.3 Å². The predicted octanol–water partition coefficient (Wildman–Crippen LogP) is 3.03. The van der Waals surface area contributed by atoms with Gasteiger partial charge in [-0.1, -0.05) is 6.07 Å². The van der Waals surface area contributed by atoms with Crippen molar-refractivity contribution in [2.75, 3.05) is 12.1 Å². The van der Waals surface area contributed by atoms with Gasteiger partial charge in [0.2, 0.25) is 12.7 Å². The summed E-state index contributed by atoms with van der Waals surface area (Å²) in [7, 11) is 0. The zero-order valence-electron chi connectivity index (χ0n) is 10.5. The van der Waals surface area contributed by atoms with Crippen LogP contribution in [0.3, 0.4) is 0 Å². The van der Waals surface area contributed by atoms with Gasteiger partial charge in [0.05, 0.1) is 0 Å². The summed E-state index contributed by atoms with van der Waals surface area (Å²) >= 11 is 1.61.